The van der Waals surface area contributed by atoms with E-state index in [2.05, 4.69) is 40.3 Å². The minimum Gasteiger partial charge on any atom is -0.382 e. The molecule has 0 bridgehead atoms. The van der Waals surface area contributed by atoms with Crippen molar-refractivity contribution in [2.24, 2.45) is 0 Å². The quantitative estimate of drug-likeness (QED) is 0.880. The highest BCUT2D eigenvalue weighted by Crippen LogP contribution is 2.24. The fourth-order valence-electron chi connectivity index (χ4n) is 4.23. The van der Waals surface area contributed by atoms with Gasteiger partial charge in [-0.3, -0.25) is 4.79 Å². The first kappa shape index (κ1) is 17.4. The van der Waals surface area contributed by atoms with E-state index in [1.807, 2.05) is 11.0 Å². The van der Waals surface area contributed by atoms with Crippen molar-refractivity contribution in [3.63, 3.8) is 0 Å². The summed E-state index contributed by atoms with van der Waals surface area (Å²) in [4.78, 5) is 20.5. The number of hydrogen-bond donors (Lipinski definition) is 2. The zero-order valence-corrected chi connectivity index (χ0v) is 15.8. The van der Waals surface area contributed by atoms with Crippen LogP contribution in [0.25, 0.3) is 10.9 Å². The maximum atomic E-state index is 12.7. The Kier molecular flexibility index (Phi) is 5.16. The number of likely N-dealkylation sites (tertiary alicyclic amines) is 2. The number of hydrogen-bond acceptors (Lipinski definition) is 3. The molecule has 0 aliphatic carbocycles. The molecule has 2 aliphatic rings. The van der Waals surface area contributed by atoms with Gasteiger partial charge < -0.3 is 20.1 Å². The Labute approximate surface area is 155 Å². The van der Waals surface area contributed by atoms with Gasteiger partial charge in [0.05, 0.1) is 0 Å². The van der Waals surface area contributed by atoms with Gasteiger partial charge in [0.1, 0.15) is 5.69 Å². The van der Waals surface area contributed by atoms with Crippen LogP contribution in [0.15, 0.2) is 24.3 Å². The molecule has 5 nitrogen and oxygen atoms in total. The first-order valence-corrected chi connectivity index (χ1v) is 10.1. The monoisotopic (exact) mass is 354 g/mol. The molecule has 2 fully saturated rings. The SMILES string of the molecule is CCN1CCC(Nc2ccc3[nH]c(C(=O)N4CCCCC4)cc3c2)CC1. The number of aromatic amines is 1. The normalized spacial score (nSPS) is 19.8. The van der Waals surface area contributed by atoms with Crippen molar-refractivity contribution in [2.75, 3.05) is 38.0 Å². The van der Waals surface area contributed by atoms with E-state index < -0.39 is 0 Å². The van der Waals surface area contributed by atoms with Gasteiger partial charge in [-0.15, -0.1) is 0 Å². The number of piperidine rings is 2. The fraction of sp³-hybridized carbons (Fsp3) is 0.571. The fourth-order valence-corrected chi connectivity index (χ4v) is 4.23. The molecule has 140 valence electrons. The van der Waals surface area contributed by atoms with Crippen LogP contribution in [0.3, 0.4) is 0 Å². The summed E-state index contributed by atoms with van der Waals surface area (Å²) >= 11 is 0. The molecule has 1 aromatic heterocycles. The first-order chi connectivity index (χ1) is 12.7. The lowest BCUT2D eigenvalue weighted by molar-refractivity contribution is 0.0719. The van der Waals surface area contributed by atoms with Gasteiger partial charge in [0.25, 0.3) is 5.91 Å². The Balaban J connectivity index is 1.45. The van der Waals surface area contributed by atoms with Crippen molar-refractivity contribution >= 4 is 22.5 Å². The molecule has 0 saturated carbocycles. The van der Waals surface area contributed by atoms with Gasteiger partial charge in [-0.05, 0) is 62.9 Å². The van der Waals surface area contributed by atoms with Crippen molar-refractivity contribution < 1.29 is 4.79 Å². The molecule has 0 radical (unpaired) electrons. The molecular formula is C21H30N4O. The average molecular weight is 354 g/mol. The summed E-state index contributed by atoms with van der Waals surface area (Å²) < 4.78 is 0. The molecule has 0 spiro atoms. The van der Waals surface area contributed by atoms with Crippen LogP contribution < -0.4 is 5.32 Å². The molecule has 2 aliphatic heterocycles. The molecule has 3 heterocycles. The summed E-state index contributed by atoms with van der Waals surface area (Å²) in [6, 6.07) is 8.94. The average Bonchev–Trinajstić information content (AvgIpc) is 3.12. The van der Waals surface area contributed by atoms with Crippen LogP contribution in [0.1, 0.15) is 49.5 Å². The number of amides is 1. The Morgan fingerprint density at radius 1 is 1.12 bits per heavy atom. The number of benzene rings is 1. The van der Waals surface area contributed by atoms with Crippen molar-refractivity contribution in [1.82, 2.24) is 14.8 Å². The third kappa shape index (κ3) is 3.73. The summed E-state index contributed by atoms with van der Waals surface area (Å²) in [5, 5.41) is 4.80. The molecule has 2 saturated heterocycles. The van der Waals surface area contributed by atoms with E-state index in [9.17, 15) is 4.79 Å². The summed E-state index contributed by atoms with van der Waals surface area (Å²) in [5.41, 5.74) is 2.91. The lowest BCUT2D eigenvalue weighted by Gasteiger charge is -2.32. The molecule has 5 heteroatoms. The van der Waals surface area contributed by atoms with Crippen LogP contribution in [0.4, 0.5) is 5.69 Å². The number of carbonyl (C=O) groups is 1. The number of fused-ring (bicyclic) bond motifs is 1. The van der Waals surface area contributed by atoms with Crippen LogP contribution in [0.5, 0.6) is 0 Å². The largest absolute Gasteiger partial charge is 0.382 e. The molecule has 4 rings (SSSR count). The zero-order chi connectivity index (χ0) is 17.9. The van der Waals surface area contributed by atoms with Crippen molar-refractivity contribution in [2.45, 2.75) is 45.1 Å². The van der Waals surface area contributed by atoms with Gasteiger partial charge in [0, 0.05) is 48.8 Å². The van der Waals surface area contributed by atoms with Crippen LogP contribution >= 0.6 is 0 Å². The second kappa shape index (κ2) is 7.70. The van der Waals surface area contributed by atoms with E-state index in [-0.39, 0.29) is 5.91 Å². The van der Waals surface area contributed by atoms with E-state index in [1.165, 1.54) is 32.4 Å². The molecule has 0 atom stereocenters. The number of nitrogens with one attached hydrogen (secondary N) is 2. The molecule has 26 heavy (non-hydrogen) atoms. The molecule has 1 aromatic carbocycles. The van der Waals surface area contributed by atoms with E-state index in [0.29, 0.717) is 6.04 Å². The lowest BCUT2D eigenvalue weighted by atomic mass is 10.0. The zero-order valence-electron chi connectivity index (χ0n) is 15.8. The van der Waals surface area contributed by atoms with Gasteiger partial charge in [-0.25, -0.2) is 0 Å². The standard InChI is InChI=1S/C21H30N4O/c1-2-24-12-8-17(9-13-24)22-18-6-7-19-16(14-18)15-20(23-19)21(26)25-10-4-3-5-11-25/h6-7,14-15,17,22-23H,2-5,8-13H2,1H3. The summed E-state index contributed by atoms with van der Waals surface area (Å²) in [6.45, 7) is 7.51. The number of aromatic nitrogens is 1. The van der Waals surface area contributed by atoms with Gasteiger partial charge in [-0.1, -0.05) is 6.92 Å². The third-order valence-electron chi connectivity index (χ3n) is 5.90. The lowest BCUT2D eigenvalue weighted by Crippen LogP contribution is -2.38. The van der Waals surface area contributed by atoms with Crippen molar-refractivity contribution in [3.05, 3.63) is 30.0 Å². The molecule has 0 unspecified atom stereocenters. The molecule has 2 N–H and O–H groups in total. The highest BCUT2D eigenvalue weighted by Gasteiger charge is 2.20. The molecule has 1 amide bonds. The maximum Gasteiger partial charge on any atom is 0.270 e. The number of carbonyl (C=O) groups excluding carboxylic acids is 1. The number of nitrogens with zero attached hydrogens (tertiary/aromatic N) is 2. The van der Waals surface area contributed by atoms with Gasteiger partial charge >= 0.3 is 0 Å². The van der Waals surface area contributed by atoms with E-state index >= 15 is 0 Å². The minimum absolute atomic E-state index is 0.141. The maximum absolute atomic E-state index is 12.7. The van der Waals surface area contributed by atoms with Crippen LogP contribution in [0, 0.1) is 0 Å². The highest BCUT2D eigenvalue weighted by molar-refractivity contribution is 5.98. The van der Waals surface area contributed by atoms with Gasteiger partial charge in [0.2, 0.25) is 0 Å². The Morgan fingerprint density at radius 3 is 2.62 bits per heavy atom. The van der Waals surface area contributed by atoms with Crippen LogP contribution in [0.2, 0.25) is 0 Å². The first-order valence-electron chi connectivity index (χ1n) is 10.1. The van der Waals surface area contributed by atoms with Gasteiger partial charge in [-0.2, -0.15) is 0 Å². The third-order valence-corrected chi connectivity index (χ3v) is 5.90. The summed E-state index contributed by atoms with van der Waals surface area (Å²) in [7, 11) is 0. The second-order valence-electron chi connectivity index (χ2n) is 7.69. The Bertz CT molecular complexity index is 754. The van der Waals surface area contributed by atoms with Crippen molar-refractivity contribution in [1.29, 1.82) is 0 Å². The summed E-state index contributed by atoms with van der Waals surface area (Å²) in [6.07, 6.45) is 5.87. The smallest absolute Gasteiger partial charge is 0.270 e. The number of anilines is 1. The Morgan fingerprint density at radius 2 is 1.88 bits per heavy atom. The predicted octanol–water partition coefficient (Wildman–Crippen LogP) is 3.69. The van der Waals surface area contributed by atoms with E-state index in [0.717, 1.165) is 54.8 Å². The predicted molar refractivity (Wildman–Crippen MR) is 107 cm³/mol. The Hall–Kier alpha value is -2.01. The van der Waals surface area contributed by atoms with E-state index in [1.54, 1.807) is 0 Å². The van der Waals surface area contributed by atoms with Crippen molar-refractivity contribution in [3.8, 4) is 0 Å². The van der Waals surface area contributed by atoms with Crippen LogP contribution in [-0.4, -0.2) is 59.5 Å². The minimum atomic E-state index is 0.141. The summed E-state index contributed by atoms with van der Waals surface area (Å²) in [5.74, 6) is 0.141. The number of H-pyrrole nitrogens is 1. The van der Waals surface area contributed by atoms with Crippen LogP contribution in [-0.2, 0) is 0 Å². The molecular weight excluding hydrogens is 324 g/mol. The highest BCUT2D eigenvalue weighted by atomic mass is 16.2. The topological polar surface area (TPSA) is 51.4 Å². The molecule has 2 aromatic rings. The number of rotatable bonds is 4. The van der Waals surface area contributed by atoms with E-state index in [4.69, 9.17) is 0 Å². The second-order valence-corrected chi connectivity index (χ2v) is 7.69. The van der Waals surface area contributed by atoms with Gasteiger partial charge in [0.15, 0.2) is 0 Å².